The number of amides is 1. The van der Waals surface area contributed by atoms with Gasteiger partial charge in [0.25, 0.3) is 5.91 Å². The van der Waals surface area contributed by atoms with Crippen LogP contribution in [0.5, 0.6) is 0 Å². The van der Waals surface area contributed by atoms with Crippen LogP contribution in [0.4, 0.5) is 10.8 Å². The van der Waals surface area contributed by atoms with Crippen molar-refractivity contribution in [1.82, 2.24) is 20.4 Å². The van der Waals surface area contributed by atoms with Crippen LogP contribution in [0, 0.1) is 0 Å². The Hall–Kier alpha value is -1.96. The maximum absolute atomic E-state index is 11.8. The van der Waals surface area contributed by atoms with Crippen molar-refractivity contribution in [2.75, 3.05) is 11.1 Å². The number of rotatable bonds is 3. The first-order chi connectivity index (χ1) is 8.09. The van der Waals surface area contributed by atoms with Crippen LogP contribution in [0.2, 0.25) is 0 Å². The van der Waals surface area contributed by atoms with E-state index in [1.165, 1.54) is 16.8 Å². The highest BCUT2D eigenvalue weighted by molar-refractivity contribution is 7.13. The number of H-pyrrole nitrogens is 1. The molecule has 1 amide bonds. The van der Waals surface area contributed by atoms with Crippen LogP contribution < -0.4 is 11.1 Å². The Kier molecular flexibility index (Phi) is 3.05. The fourth-order valence-electron chi connectivity index (χ4n) is 1.36. The van der Waals surface area contributed by atoms with Crippen molar-refractivity contribution in [3.63, 3.8) is 0 Å². The number of carbonyl (C=O) groups is 1. The quantitative estimate of drug-likeness (QED) is 0.760. The van der Waals surface area contributed by atoms with Gasteiger partial charge in [0.15, 0.2) is 5.69 Å². The van der Waals surface area contributed by atoms with Crippen LogP contribution in [0.3, 0.4) is 0 Å². The first kappa shape index (κ1) is 11.5. The SMILES string of the molecule is CC(C)c1[nH]nc(C(=O)Nc2nncs2)c1N. The second kappa shape index (κ2) is 4.50. The fourth-order valence-corrected chi connectivity index (χ4v) is 1.80. The number of nitrogens with one attached hydrogen (secondary N) is 2. The molecule has 0 bridgehead atoms. The van der Waals surface area contributed by atoms with E-state index >= 15 is 0 Å². The van der Waals surface area contributed by atoms with Crippen LogP contribution in [0.15, 0.2) is 5.51 Å². The molecule has 2 aromatic heterocycles. The monoisotopic (exact) mass is 252 g/mol. The Labute approximate surface area is 101 Å². The summed E-state index contributed by atoms with van der Waals surface area (Å²) in [4.78, 5) is 11.8. The van der Waals surface area contributed by atoms with Crippen molar-refractivity contribution in [3.8, 4) is 0 Å². The summed E-state index contributed by atoms with van der Waals surface area (Å²) in [5.74, 6) is -0.201. The van der Waals surface area contributed by atoms with Crippen molar-refractivity contribution in [3.05, 3.63) is 16.9 Å². The first-order valence-electron chi connectivity index (χ1n) is 5.01. The van der Waals surface area contributed by atoms with Gasteiger partial charge in [-0.15, -0.1) is 10.2 Å². The highest BCUT2D eigenvalue weighted by Gasteiger charge is 2.19. The molecule has 2 heterocycles. The van der Waals surface area contributed by atoms with E-state index in [2.05, 4.69) is 25.7 Å². The predicted octanol–water partition coefficient (Wildman–Crippen LogP) is 1.22. The van der Waals surface area contributed by atoms with Gasteiger partial charge in [0, 0.05) is 0 Å². The van der Waals surface area contributed by atoms with Crippen molar-refractivity contribution in [2.24, 2.45) is 0 Å². The predicted molar refractivity (Wildman–Crippen MR) is 65.0 cm³/mol. The third-order valence-corrected chi connectivity index (χ3v) is 2.81. The molecule has 0 radical (unpaired) electrons. The number of nitrogens with two attached hydrogens (primary N) is 1. The molecule has 0 atom stereocenters. The van der Waals surface area contributed by atoms with Crippen LogP contribution in [0.25, 0.3) is 0 Å². The van der Waals surface area contributed by atoms with E-state index < -0.39 is 0 Å². The smallest absolute Gasteiger partial charge is 0.280 e. The average molecular weight is 252 g/mol. The fraction of sp³-hybridized carbons (Fsp3) is 0.333. The highest BCUT2D eigenvalue weighted by atomic mass is 32.1. The molecule has 0 aliphatic heterocycles. The van der Waals surface area contributed by atoms with Crippen molar-refractivity contribution in [2.45, 2.75) is 19.8 Å². The summed E-state index contributed by atoms with van der Waals surface area (Å²) in [5, 5.41) is 17.0. The Morgan fingerprint density at radius 3 is 2.88 bits per heavy atom. The highest BCUT2D eigenvalue weighted by Crippen LogP contribution is 2.22. The lowest BCUT2D eigenvalue weighted by molar-refractivity contribution is 0.102. The van der Waals surface area contributed by atoms with Crippen LogP contribution in [-0.4, -0.2) is 26.3 Å². The molecule has 0 saturated carbocycles. The van der Waals surface area contributed by atoms with Crippen LogP contribution >= 0.6 is 11.3 Å². The maximum Gasteiger partial charge on any atom is 0.280 e. The number of hydrogen-bond donors (Lipinski definition) is 3. The van der Waals surface area contributed by atoms with Gasteiger partial charge in [-0.05, 0) is 5.92 Å². The number of aromatic nitrogens is 4. The first-order valence-corrected chi connectivity index (χ1v) is 5.88. The zero-order chi connectivity index (χ0) is 12.4. The summed E-state index contributed by atoms with van der Waals surface area (Å²) in [7, 11) is 0. The van der Waals surface area contributed by atoms with Crippen molar-refractivity contribution >= 4 is 28.1 Å². The summed E-state index contributed by atoms with van der Waals surface area (Å²) in [6.45, 7) is 3.94. The third kappa shape index (κ3) is 2.26. The second-order valence-electron chi connectivity index (χ2n) is 3.75. The van der Waals surface area contributed by atoms with Gasteiger partial charge in [0.1, 0.15) is 5.51 Å². The number of hydrogen-bond acceptors (Lipinski definition) is 6. The van der Waals surface area contributed by atoms with Crippen LogP contribution in [0.1, 0.15) is 35.9 Å². The van der Waals surface area contributed by atoms with E-state index in [1.54, 1.807) is 0 Å². The van der Waals surface area contributed by atoms with Crippen LogP contribution in [-0.2, 0) is 0 Å². The summed E-state index contributed by atoms with van der Waals surface area (Å²) >= 11 is 1.23. The molecule has 0 aliphatic rings. The van der Waals surface area contributed by atoms with Gasteiger partial charge in [-0.1, -0.05) is 25.2 Å². The standard InChI is InChI=1S/C9H12N6OS/c1-4(2)6-5(10)7(14-13-6)8(16)12-9-15-11-3-17-9/h3-4H,10H2,1-2H3,(H,13,14)(H,12,15,16). The van der Waals surface area contributed by atoms with Gasteiger partial charge in [-0.3, -0.25) is 15.2 Å². The maximum atomic E-state index is 11.8. The molecule has 0 fully saturated rings. The molecular formula is C9H12N6OS. The van der Waals surface area contributed by atoms with Gasteiger partial charge < -0.3 is 5.73 Å². The molecule has 4 N–H and O–H groups in total. The van der Waals surface area contributed by atoms with Gasteiger partial charge in [-0.25, -0.2) is 0 Å². The minimum atomic E-state index is -0.387. The number of nitrogens with zero attached hydrogens (tertiary/aromatic N) is 3. The molecule has 0 unspecified atom stereocenters. The molecule has 0 spiro atoms. The zero-order valence-corrected chi connectivity index (χ0v) is 10.2. The van der Waals surface area contributed by atoms with Gasteiger partial charge in [0.05, 0.1) is 11.4 Å². The van der Waals surface area contributed by atoms with Crippen molar-refractivity contribution < 1.29 is 4.79 Å². The van der Waals surface area contributed by atoms with Gasteiger partial charge in [0.2, 0.25) is 5.13 Å². The van der Waals surface area contributed by atoms with E-state index in [4.69, 9.17) is 5.73 Å². The van der Waals surface area contributed by atoms with Crippen molar-refractivity contribution in [1.29, 1.82) is 0 Å². The Balaban J connectivity index is 2.20. The lowest BCUT2D eigenvalue weighted by atomic mass is 10.1. The van der Waals surface area contributed by atoms with Gasteiger partial charge >= 0.3 is 0 Å². The summed E-state index contributed by atoms with van der Waals surface area (Å²) < 4.78 is 0. The molecule has 0 saturated heterocycles. The molecule has 0 aliphatic carbocycles. The third-order valence-electron chi connectivity index (χ3n) is 2.21. The average Bonchev–Trinajstić information content (AvgIpc) is 2.86. The van der Waals surface area contributed by atoms with Gasteiger partial charge in [-0.2, -0.15) is 5.10 Å². The van der Waals surface area contributed by atoms with E-state index in [0.717, 1.165) is 5.69 Å². The molecule has 8 heteroatoms. The molecule has 7 nitrogen and oxygen atoms in total. The number of anilines is 2. The molecule has 90 valence electrons. The van der Waals surface area contributed by atoms with E-state index in [9.17, 15) is 4.79 Å². The lowest BCUT2D eigenvalue weighted by Crippen LogP contribution is -2.14. The molecular weight excluding hydrogens is 240 g/mol. The summed E-state index contributed by atoms with van der Waals surface area (Å²) in [6.07, 6.45) is 0. The van der Waals surface area contributed by atoms with E-state index in [1.807, 2.05) is 13.8 Å². The minimum Gasteiger partial charge on any atom is -0.395 e. The van der Waals surface area contributed by atoms with E-state index in [-0.39, 0.29) is 17.5 Å². The Morgan fingerprint density at radius 1 is 1.59 bits per heavy atom. The minimum absolute atomic E-state index is 0.184. The zero-order valence-electron chi connectivity index (χ0n) is 9.39. The molecule has 17 heavy (non-hydrogen) atoms. The number of carbonyl (C=O) groups excluding carboxylic acids is 1. The number of aromatic amines is 1. The topological polar surface area (TPSA) is 110 Å². The second-order valence-corrected chi connectivity index (χ2v) is 4.59. The van der Waals surface area contributed by atoms with E-state index in [0.29, 0.717) is 10.8 Å². The molecule has 2 rings (SSSR count). The molecule has 0 aromatic carbocycles. The Bertz CT molecular complexity index is 518. The largest absolute Gasteiger partial charge is 0.395 e. The summed E-state index contributed by atoms with van der Waals surface area (Å²) in [5.41, 5.74) is 8.70. The summed E-state index contributed by atoms with van der Waals surface area (Å²) in [6, 6.07) is 0. The molecule has 2 aromatic rings. The normalized spacial score (nSPS) is 10.8. The Morgan fingerprint density at radius 2 is 2.35 bits per heavy atom. The lowest BCUT2D eigenvalue weighted by Gasteiger charge is -2.02. The number of nitrogen functional groups attached to an aromatic ring is 1.